The van der Waals surface area contributed by atoms with Crippen LogP contribution in [0.5, 0.6) is 0 Å². The Kier molecular flexibility index (Phi) is 3.53. The van der Waals surface area contributed by atoms with Crippen LogP contribution in [0, 0.1) is 0 Å². The molecule has 0 radical (unpaired) electrons. The summed E-state index contributed by atoms with van der Waals surface area (Å²) in [5, 5.41) is 2.80. The van der Waals surface area contributed by atoms with Crippen molar-refractivity contribution in [1.29, 1.82) is 0 Å². The van der Waals surface area contributed by atoms with Crippen LogP contribution < -0.4 is 0 Å². The van der Waals surface area contributed by atoms with E-state index < -0.39 is 0 Å². The lowest BCUT2D eigenvalue weighted by Gasteiger charge is -1.96. The summed E-state index contributed by atoms with van der Waals surface area (Å²) in [6, 6.07) is 3.47. The Morgan fingerprint density at radius 3 is 3.00 bits per heavy atom. The maximum Gasteiger partial charge on any atom is 0.196 e. The fraction of sp³-hybridized carbons (Fsp3) is 0.100. The quantitative estimate of drug-likeness (QED) is 0.636. The van der Waals surface area contributed by atoms with Gasteiger partial charge in [-0.15, -0.1) is 22.9 Å². The molecule has 0 aliphatic heterocycles. The standard InChI is InChI=1S/C10H6Cl2N2OS/c11-4-8(15)7-5-16-10(14-7)9-6(12)2-1-3-13-9/h1-3,5H,4H2. The van der Waals surface area contributed by atoms with Gasteiger partial charge in [-0.2, -0.15) is 0 Å². The number of Topliss-reactive ketones (excluding diaryl/α,β-unsaturated/α-hetero) is 1. The minimum atomic E-state index is -0.198. The van der Waals surface area contributed by atoms with E-state index in [0.717, 1.165) is 0 Å². The average molecular weight is 273 g/mol. The predicted molar refractivity (Wildman–Crippen MR) is 65.4 cm³/mol. The summed E-state index contributed by atoms with van der Waals surface area (Å²) in [6.07, 6.45) is 1.63. The molecule has 6 heteroatoms. The molecule has 0 aromatic carbocycles. The van der Waals surface area contributed by atoms with Gasteiger partial charge in [0.15, 0.2) is 5.78 Å². The fourth-order valence-electron chi connectivity index (χ4n) is 1.12. The van der Waals surface area contributed by atoms with Crippen molar-refractivity contribution in [2.75, 3.05) is 5.88 Å². The van der Waals surface area contributed by atoms with Crippen LogP contribution in [0.3, 0.4) is 0 Å². The third-order valence-electron chi connectivity index (χ3n) is 1.87. The zero-order valence-electron chi connectivity index (χ0n) is 7.98. The molecule has 16 heavy (non-hydrogen) atoms. The summed E-state index contributed by atoms with van der Waals surface area (Å²) in [5.74, 6) is -0.268. The third kappa shape index (κ3) is 2.24. The number of pyridine rings is 1. The SMILES string of the molecule is O=C(CCl)c1csc(-c2ncccc2Cl)n1. The largest absolute Gasteiger partial charge is 0.291 e. The van der Waals surface area contributed by atoms with Crippen LogP contribution in [-0.2, 0) is 0 Å². The molecule has 2 aromatic heterocycles. The molecule has 0 bridgehead atoms. The van der Waals surface area contributed by atoms with E-state index in [1.807, 2.05) is 0 Å². The van der Waals surface area contributed by atoms with Crippen LogP contribution in [0.15, 0.2) is 23.7 Å². The molecule has 0 saturated heterocycles. The van der Waals surface area contributed by atoms with Crippen molar-refractivity contribution in [2.24, 2.45) is 0 Å². The second-order valence-corrected chi connectivity index (χ2v) is 4.46. The average Bonchev–Trinajstić information content (AvgIpc) is 2.78. The summed E-state index contributed by atoms with van der Waals surface area (Å²) in [7, 11) is 0. The van der Waals surface area contributed by atoms with Gasteiger partial charge in [0.05, 0.1) is 10.9 Å². The summed E-state index contributed by atoms with van der Waals surface area (Å²) >= 11 is 12.7. The zero-order chi connectivity index (χ0) is 11.5. The smallest absolute Gasteiger partial charge is 0.196 e. The van der Waals surface area contributed by atoms with Gasteiger partial charge in [-0.25, -0.2) is 4.98 Å². The van der Waals surface area contributed by atoms with Crippen LogP contribution in [0.2, 0.25) is 5.02 Å². The number of carbonyl (C=O) groups excluding carboxylic acids is 1. The Hall–Kier alpha value is -0.970. The van der Waals surface area contributed by atoms with Gasteiger partial charge in [-0.3, -0.25) is 9.78 Å². The predicted octanol–water partition coefficient (Wildman–Crippen LogP) is 3.28. The van der Waals surface area contributed by atoms with Crippen molar-refractivity contribution in [3.05, 3.63) is 34.4 Å². The molecule has 0 unspecified atom stereocenters. The Bertz CT molecular complexity index is 527. The van der Waals surface area contributed by atoms with Gasteiger partial charge in [0.1, 0.15) is 16.4 Å². The van der Waals surface area contributed by atoms with E-state index in [1.165, 1.54) is 11.3 Å². The molecule has 0 saturated carbocycles. The number of aromatic nitrogens is 2. The van der Waals surface area contributed by atoms with Crippen molar-refractivity contribution in [1.82, 2.24) is 9.97 Å². The van der Waals surface area contributed by atoms with Crippen molar-refractivity contribution >= 4 is 40.3 Å². The topological polar surface area (TPSA) is 42.9 Å². The van der Waals surface area contributed by atoms with Crippen molar-refractivity contribution in [2.45, 2.75) is 0 Å². The first-order valence-corrected chi connectivity index (χ1v) is 6.17. The molecule has 0 fully saturated rings. The van der Waals surface area contributed by atoms with E-state index in [1.54, 1.807) is 23.7 Å². The van der Waals surface area contributed by atoms with E-state index in [2.05, 4.69) is 9.97 Å². The summed E-state index contributed by atoms with van der Waals surface area (Å²) < 4.78 is 0. The Balaban J connectivity index is 2.39. The first-order chi connectivity index (χ1) is 7.72. The lowest BCUT2D eigenvalue weighted by Crippen LogP contribution is -2.00. The second kappa shape index (κ2) is 4.91. The van der Waals surface area contributed by atoms with Gasteiger partial charge >= 0.3 is 0 Å². The lowest BCUT2D eigenvalue weighted by atomic mass is 10.3. The number of thiazole rings is 1. The molecule has 2 heterocycles. The fourth-order valence-corrected chi connectivity index (χ4v) is 2.36. The minimum absolute atomic E-state index is 0.0703. The zero-order valence-corrected chi connectivity index (χ0v) is 10.3. The normalized spacial score (nSPS) is 10.4. The maximum atomic E-state index is 11.3. The van der Waals surface area contributed by atoms with E-state index >= 15 is 0 Å². The highest BCUT2D eigenvalue weighted by Crippen LogP contribution is 2.28. The second-order valence-electron chi connectivity index (χ2n) is 2.93. The van der Waals surface area contributed by atoms with Crippen LogP contribution in [-0.4, -0.2) is 21.6 Å². The summed E-state index contributed by atoms with van der Waals surface area (Å²) in [6.45, 7) is 0. The Morgan fingerprint density at radius 2 is 2.31 bits per heavy atom. The van der Waals surface area contributed by atoms with E-state index in [9.17, 15) is 4.79 Å². The van der Waals surface area contributed by atoms with Crippen LogP contribution in [0.4, 0.5) is 0 Å². The molecule has 0 spiro atoms. The van der Waals surface area contributed by atoms with E-state index in [-0.39, 0.29) is 11.7 Å². The molecule has 82 valence electrons. The third-order valence-corrected chi connectivity index (χ3v) is 3.27. The van der Waals surface area contributed by atoms with E-state index in [4.69, 9.17) is 23.2 Å². The van der Waals surface area contributed by atoms with Gasteiger partial charge in [0, 0.05) is 11.6 Å². The van der Waals surface area contributed by atoms with Crippen LogP contribution in [0.1, 0.15) is 10.5 Å². The highest BCUT2D eigenvalue weighted by Gasteiger charge is 2.13. The van der Waals surface area contributed by atoms with Gasteiger partial charge < -0.3 is 0 Å². The van der Waals surface area contributed by atoms with Crippen LogP contribution in [0.25, 0.3) is 10.7 Å². The highest BCUT2D eigenvalue weighted by atomic mass is 35.5. The molecule has 0 amide bonds. The number of ketones is 1. The van der Waals surface area contributed by atoms with E-state index in [0.29, 0.717) is 21.4 Å². The molecule has 0 N–H and O–H groups in total. The van der Waals surface area contributed by atoms with Crippen molar-refractivity contribution in [3.63, 3.8) is 0 Å². The first-order valence-electron chi connectivity index (χ1n) is 4.38. The first kappa shape index (κ1) is 11.5. The maximum absolute atomic E-state index is 11.3. The highest BCUT2D eigenvalue weighted by molar-refractivity contribution is 7.13. The molecule has 0 aliphatic carbocycles. The van der Waals surface area contributed by atoms with Gasteiger partial charge in [-0.05, 0) is 12.1 Å². The molecule has 2 rings (SSSR count). The molecule has 0 aliphatic rings. The molecule has 0 atom stereocenters. The van der Waals surface area contributed by atoms with Gasteiger partial charge in [-0.1, -0.05) is 11.6 Å². The van der Waals surface area contributed by atoms with Crippen molar-refractivity contribution in [3.8, 4) is 10.7 Å². The lowest BCUT2D eigenvalue weighted by molar-refractivity contribution is 0.101. The molecule has 2 aromatic rings. The Morgan fingerprint density at radius 1 is 1.50 bits per heavy atom. The number of nitrogens with zero attached hydrogens (tertiary/aromatic N) is 2. The van der Waals surface area contributed by atoms with Crippen LogP contribution >= 0.6 is 34.5 Å². The van der Waals surface area contributed by atoms with Crippen molar-refractivity contribution < 1.29 is 4.79 Å². The minimum Gasteiger partial charge on any atom is -0.291 e. The number of carbonyl (C=O) groups is 1. The summed E-state index contributed by atoms with van der Waals surface area (Å²) in [4.78, 5) is 19.6. The number of alkyl halides is 1. The van der Waals surface area contributed by atoms with Gasteiger partial charge in [0.2, 0.25) is 0 Å². The number of hydrogen-bond acceptors (Lipinski definition) is 4. The number of hydrogen-bond donors (Lipinski definition) is 0. The summed E-state index contributed by atoms with van der Waals surface area (Å²) in [5.41, 5.74) is 0.944. The molecular formula is C10H6Cl2N2OS. The van der Waals surface area contributed by atoms with Gasteiger partial charge in [0.25, 0.3) is 0 Å². The molecular weight excluding hydrogens is 267 g/mol. The number of rotatable bonds is 3. The monoisotopic (exact) mass is 272 g/mol. The number of halogens is 2. The molecule has 3 nitrogen and oxygen atoms in total. The Labute approximate surface area is 106 Å².